The number of fused-ring (bicyclic) bond motifs is 1. The van der Waals surface area contributed by atoms with Gasteiger partial charge >= 0.3 is 6.09 Å². The van der Waals surface area contributed by atoms with E-state index < -0.39 is 12.1 Å². The molecule has 2 aliphatic rings. The van der Waals surface area contributed by atoms with Gasteiger partial charge in [-0.25, -0.2) is 4.79 Å². The zero-order valence-corrected chi connectivity index (χ0v) is 17.3. The number of anilines is 1. The molecular weight excluding hydrogens is 412 g/mol. The van der Waals surface area contributed by atoms with Gasteiger partial charge in [0.2, 0.25) is 0 Å². The van der Waals surface area contributed by atoms with Crippen LogP contribution in [-0.4, -0.2) is 37.5 Å². The first-order valence-corrected chi connectivity index (χ1v) is 11.0. The van der Waals surface area contributed by atoms with E-state index in [1.807, 2.05) is 11.5 Å². The minimum absolute atomic E-state index is 0.220. The third-order valence-electron chi connectivity index (χ3n) is 4.52. The van der Waals surface area contributed by atoms with Crippen LogP contribution < -0.4 is 24.4 Å². The second kappa shape index (κ2) is 8.30. The predicted octanol–water partition coefficient (Wildman–Crippen LogP) is 3.81. The molecule has 2 heterocycles. The lowest BCUT2D eigenvalue weighted by atomic mass is 10.2. The summed E-state index contributed by atoms with van der Waals surface area (Å²) < 4.78 is 16.0. The standard InChI is InChI=1S/C20H18N2O5S2/c1-25-13-8-9-14(16(10-13)26-2)22-15-11-28-29-18(15)17(19(22)23)21-20(24)27-12-6-4-3-5-7-12/h3-11,17-18H,1-2H3,(H,21,24). The van der Waals surface area contributed by atoms with Crippen molar-refractivity contribution in [3.63, 3.8) is 0 Å². The second-order valence-corrected chi connectivity index (χ2v) is 8.47. The third kappa shape index (κ3) is 3.75. The minimum atomic E-state index is -0.746. The van der Waals surface area contributed by atoms with Crippen molar-refractivity contribution in [2.45, 2.75) is 11.3 Å². The highest BCUT2D eigenvalue weighted by Gasteiger charge is 2.49. The molecule has 0 bridgehead atoms. The van der Waals surface area contributed by atoms with Crippen molar-refractivity contribution in [1.82, 2.24) is 5.32 Å². The molecule has 2 aliphatic heterocycles. The number of hydrogen-bond donors (Lipinski definition) is 1. The Hall–Kier alpha value is -2.78. The van der Waals surface area contributed by atoms with Crippen molar-refractivity contribution in [3.8, 4) is 17.2 Å². The summed E-state index contributed by atoms with van der Waals surface area (Å²) in [6, 6.07) is 13.2. The molecule has 2 atom stereocenters. The molecule has 0 radical (unpaired) electrons. The maximum Gasteiger partial charge on any atom is 0.413 e. The first-order chi connectivity index (χ1) is 14.1. The van der Waals surface area contributed by atoms with Gasteiger partial charge in [-0.3, -0.25) is 9.69 Å². The van der Waals surface area contributed by atoms with E-state index in [1.54, 1.807) is 54.5 Å². The maximum atomic E-state index is 13.2. The number of amides is 2. The summed E-state index contributed by atoms with van der Waals surface area (Å²) in [5.41, 5.74) is 1.40. The van der Waals surface area contributed by atoms with Crippen LogP contribution in [0.5, 0.6) is 17.2 Å². The Morgan fingerprint density at radius 3 is 2.59 bits per heavy atom. The van der Waals surface area contributed by atoms with Crippen molar-refractivity contribution in [2.75, 3.05) is 19.1 Å². The minimum Gasteiger partial charge on any atom is -0.497 e. The molecule has 9 heteroatoms. The van der Waals surface area contributed by atoms with Crippen LogP contribution in [0.1, 0.15) is 0 Å². The van der Waals surface area contributed by atoms with Crippen molar-refractivity contribution in [3.05, 3.63) is 59.6 Å². The SMILES string of the molecule is COc1ccc(N2C(=O)C(NC(=O)Oc3ccccc3)C3SSC=C32)c(OC)c1. The molecule has 2 amide bonds. The van der Waals surface area contributed by atoms with Crippen LogP contribution in [0, 0.1) is 0 Å². The van der Waals surface area contributed by atoms with E-state index in [9.17, 15) is 9.59 Å². The van der Waals surface area contributed by atoms with Crippen molar-refractivity contribution in [1.29, 1.82) is 0 Å². The van der Waals surface area contributed by atoms with E-state index in [1.165, 1.54) is 28.7 Å². The van der Waals surface area contributed by atoms with Crippen molar-refractivity contribution >= 4 is 39.3 Å². The van der Waals surface area contributed by atoms with Gasteiger partial charge in [0.1, 0.15) is 23.3 Å². The van der Waals surface area contributed by atoms with Gasteiger partial charge in [-0.15, -0.1) is 0 Å². The summed E-state index contributed by atoms with van der Waals surface area (Å²) in [7, 11) is 6.15. The molecule has 2 aromatic rings. The van der Waals surface area contributed by atoms with Gasteiger partial charge < -0.3 is 19.5 Å². The van der Waals surface area contributed by atoms with Crippen molar-refractivity contribution < 1.29 is 23.8 Å². The van der Waals surface area contributed by atoms with Gasteiger partial charge in [-0.2, -0.15) is 0 Å². The molecule has 1 saturated heterocycles. The molecule has 150 valence electrons. The van der Waals surface area contributed by atoms with Crippen LogP contribution in [0.3, 0.4) is 0 Å². The Morgan fingerprint density at radius 1 is 1.07 bits per heavy atom. The fourth-order valence-electron chi connectivity index (χ4n) is 3.17. The van der Waals surface area contributed by atoms with Gasteiger partial charge in [0.15, 0.2) is 0 Å². The number of rotatable bonds is 5. The first kappa shape index (κ1) is 19.5. The van der Waals surface area contributed by atoms with E-state index in [-0.39, 0.29) is 11.2 Å². The molecule has 2 unspecified atom stereocenters. The van der Waals surface area contributed by atoms with Crippen LogP contribution in [-0.2, 0) is 4.79 Å². The average molecular weight is 431 g/mol. The van der Waals surface area contributed by atoms with Crippen LogP contribution in [0.25, 0.3) is 0 Å². The number of carbonyl (C=O) groups excluding carboxylic acids is 2. The molecule has 7 nitrogen and oxygen atoms in total. The highest BCUT2D eigenvalue weighted by atomic mass is 33.1. The van der Waals surface area contributed by atoms with Gasteiger partial charge in [0.25, 0.3) is 5.91 Å². The predicted molar refractivity (Wildman–Crippen MR) is 113 cm³/mol. The third-order valence-corrected chi connectivity index (χ3v) is 6.94. The lowest BCUT2D eigenvalue weighted by Crippen LogP contribution is -2.46. The summed E-state index contributed by atoms with van der Waals surface area (Å²) in [5, 5.41) is 4.41. The fourth-order valence-corrected chi connectivity index (χ4v) is 5.80. The van der Waals surface area contributed by atoms with E-state index in [0.29, 0.717) is 22.9 Å². The van der Waals surface area contributed by atoms with Crippen LogP contribution >= 0.6 is 21.6 Å². The zero-order valence-electron chi connectivity index (χ0n) is 15.7. The summed E-state index contributed by atoms with van der Waals surface area (Å²) in [6.45, 7) is 0. The monoisotopic (exact) mass is 430 g/mol. The van der Waals surface area contributed by atoms with Gasteiger partial charge in [0.05, 0.1) is 25.2 Å². The molecule has 0 aliphatic carbocycles. The Labute approximate surface area is 175 Å². The molecule has 29 heavy (non-hydrogen) atoms. The van der Waals surface area contributed by atoms with E-state index in [4.69, 9.17) is 14.2 Å². The summed E-state index contributed by atoms with van der Waals surface area (Å²) >= 11 is 0. The molecule has 0 saturated carbocycles. The number of carbonyl (C=O) groups is 2. The lowest BCUT2D eigenvalue weighted by Gasteiger charge is -2.21. The quantitative estimate of drug-likeness (QED) is 0.723. The number of ether oxygens (including phenoxy) is 3. The van der Waals surface area contributed by atoms with E-state index >= 15 is 0 Å². The fraction of sp³-hybridized carbons (Fsp3) is 0.200. The molecule has 1 fully saturated rings. The molecule has 0 aromatic heterocycles. The van der Waals surface area contributed by atoms with Crippen LogP contribution in [0.15, 0.2) is 59.6 Å². The maximum absolute atomic E-state index is 13.2. The summed E-state index contributed by atoms with van der Waals surface area (Å²) in [6.07, 6.45) is -0.671. The van der Waals surface area contributed by atoms with E-state index in [2.05, 4.69) is 5.32 Å². The number of methoxy groups -OCH3 is 2. The Bertz CT molecular complexity index is 967. The van der Waals surface area contributed by atoms with Gasteiger partial charge in [-0.1, -0.05) is 39.8 Å². The average Bonchev–Trinajstić information content (AvgIpc) is 3.30. The number of nitrogens with one attached hydrogen (secondary N) is 1. The largest absolute Gasteiger partial charge is 0.497 e. The Kier molecular flexibility index (Phi) is 5.59. The van der Waals surface area contributed by atoms with Crippen LogP contribution in [0.2, 0.25) is 0 Å². The highest BCUT2D eigenvalue weighted by molar-refractivity contribution is 8.78. The number of benzene rings is 2. The van der Waals surface area contributed by atoms with Gasteiger partial charge in [-0.05, 0) is 24.3 Å². The Balaban J connectivity index is 1.58. The molecular formula is C20H18N2O5S2. The molecule has 0 spiro atoms. The zero-order chi connectivity index (χ0) is 20.4. The number of hydrogen-bond acceptors (Lipinski definition) is 7. The number of nitrogens with zero attached hydrogens (tertiary/aromatic N) is 1. The van der Waals surface area contributed by atoms with E-state index in [0.717, 1.165) is 5.70 Å². The number of para-hydroxylation sites is 1. The molecule has 2 aromatic carbocycles. The van der Waals surface area contributed by atoms with Crippen LogP contribution in [0.4, 0.5) is 10.5 Å². The van der Waals surface area contributed by atoms with Crippen molar-refractivity contribution in [2.24, 2.45) is 0 Å². The lowest BCUT2D eigenvalue weighted by molar-refractivity contribution is -0.118. The summed E-state index contributed by atoms with van der Waals surface area (Å²) in [5.74, 6) is 1.29. The normalized spacial score (nSPS) is 20.1. The Morgan fingerprint density at radius 2 is 1.86 bits per heavy atom. The summed E-state index contributed by atoms with van der Waals surface area (Å²) in [4.78, 5) is 27.2. The molecule has 1 N–H and O–H groups in total. The first-order valence-electron chi connectivity index (χ1n) is 8.74. The second-order valence-electron chi connectivity index (χ2n) is 6.19. The smallest absolute Gasteiger partial charge is 0.413 e. The van der Waals surface area contributed by atoms with Gasteiger partial charge in [0, 0.05) is 17.2 Å². The highest BCUT2D eigenvalue weighted by Crippen LogP contribution is 2.50. The molecule has 4 rings (SSSR count). The topological polar surface area (TPSA) is 77.1 Å².